The van der Waals surface area contributed by atoms with Crippen LogP contribution in [0.1, 0.15) is 12.8 Å². The minimum absolute atomic E-state index is 0.0733. The van der Waals surface area contributed by atoms with Crippen molar-refractivity contribution in [1.82, 2.24) is 4.90 Å². The van der Waals surface area contributed by atoms with Crippen LogP contribution in [0.15, 0.2) is 29.2 Å². The van der Waals surface area contributed by atoms with Gasteiger partial charge in [-0.1, -0.05) is 23.9 Å². The molecule has 2 fully saturated rings. The van der Waals surface area contributed by atoms with Crippen LogP contribution in [0.5, 0.6) is 0 Å². The molecule has 2 saturated heterocycles. The Kier molecular flexibility index (Phi) is 3.84. The van der Waals surface area contributed by atoms with Crippen molar-refractivity contribution in [1.29, 1.82) is 0 Å². The maximum Gasteiger partial charge on any atom is 0.288 e. The van der Waals surface area contributed by atoms with Crippen LogP contribution < -0.4 is 4.90 Å². The number of para-hydroxylation sites is 1. The Morgan fingerprint density at radius 1 is 1.24 bits per heavy atom. The van der Waals surface area contributed by atoms with Crippen molar-refractivity contribution in [2.45, 2.75) is 29.5 Å². The molecule has 1 atom stereocenters. The predicted molar refractivity (Wildman–Crippen MR) is 75.4 cm³/mol. The molecule has 2 aliphatic rings. The zero-order chi connectivity index (χ0) is 15.0. The first-order chi connectivity index (χ1) is 10.1. The maximum atomic E-state index is 12.6. The average Bonchev–Trinajstić information content (AvgIpc) is 2.93. The van der Waals surface area contributed by atoms with Gasteiger partial charge < -0.3 is 9.80 Å². The molecule has 0 aliphatic carbocycles. The van der Waals surface area contributed by atoms with Crippen LogP contribution in [-0.2, 0) is 9.59 Å². The Bertz CT molecular complexity index is 582. The van der Waals surface area contributed by atoms with E-state index < -0.39 is 11.8 Å². The van der Waals surface area contributed by atoms with E-state index in [-0.39, 0.29) is 18.4 Å². The second-order valence-corrected chi connectivity index (χ2v) is 6.05. The Morgan fingerprint density at radius 3 is 2.76 bits per heavy atom. The van der Waals surface area contributed by atoms with E-state index in [1.807, 2.05) is 0 Å². The summed E-state index contributed by atoms with van der Waals surface area (Å²) < 4.78 is 25.3. The Hall–Kier alpha value is -1.63. The Balaban J connectivity index is 1.93. The SMILES string of the molecule is O=C1C2CCCN2C(=O)CN1c1ccccc1SC(F)F. The van der Waals surface area contributed by atoms with E-state index >= 15 is 0 Å². The van der Waals surface area contributed by atoms with Crippen LogP contribution in [0.3, 0.4) is 0 Å². The molecule has 0 N–H and O–H groups in total. The minimum atomic E-state index is -2.57. The lowest BCUT2D eigenvalue weighted by atomic mass is 10.1. The Labute approximate surface area is 125 Å². The molecule has 1 unspecified atom stereocenters. The number of carbonyl (C=O) groups is 2. The van der Waals surface area contributed by atoms with Crippen molar-refractivity contribution in [3.63, 3.8) is 0 Å². The van der Waals surface area contributed by atoms with Gasteiger partial charge in [0.1, 0.15) is 12.6 Å². The van der Waals surface area contributed by atoms with Crippen molar-refractivity contribution in [2.24, 2.45) is 0 Å². The zero-order valence-corrected chi connectivity index (χ0v) is 12.0. The quantitative estimate of drug-likeness (QED) is 0.804. The third kappa shape index (κ3) is 2.62. The van der Waals surface area contributed by atoms with Gasteiger partial charge in [0.25, 0.3) is 5.76 Å². The molecule has 0 spiro atoms. The molecule has 3 rings (SSSR count). The molecule has 2 aliphatic heterocycles. The second-order valence-electron chi connectivity index (χ2n) is 5.02. The molecule has 0 aromatic heterocycles. The molecular weight excluding hydrogens is 298 g/mol. The van der Waals surface area contributed by atoms with Crippen molar-refractivity contribution < 1.29 is 18.4 Å². The van der Waals surface area contributed by atoms with E-state index in [2.05, 4.69) is 0 Å². The number of rotatable bonds is 3. The molecule has 0 radical (unpaired) electrons. The normalized spacial score (nSPS) is 22.1. The first-order valence-corrected chi connectivity index (χ1v) is 7.60. The lowest BCUT2D eigenvalue weighted by Crippen LogP contribution is -2.57. The zero-order valence-electron chi connectivity index (χ0n) is 11.2. The summed E-state index contributed by atoms with van der Waals surface area (Å²) in [6, 6.07) is 6.05. The van der Waals surface area contributed by atoms with Crippen LogP contribution in [0.4, 0.5) is 14.5 Å². The summed E-state index contributed by atoms with van der Waals surface area (Å²) in [5, 5.41) is 0. The van der Waals surface area contributed by atoms with Crippen LogP contribution in [0.25, 0.3) is 0 Å². The third-order valence-corrected chi connectivity index (χ3v) is 4.57. The maximum absolute atomic E-state index is 12.6. The van der Waals surface area contributed by atoms with Gasteiger partial charge in [0.2, 0.25) is 11.8 Å². The van der Waals surface area contributed by atoms with Gasteiger partial charge in [-0.2, -0.15) is 8.78 Å². The number of nitrogens with zero attached hydrogens (tertiary/aromatic N) is 2. The van der Waals surface area contributed by atoms with E-state index in [1.54, 1.807) is 29.2 Å². The first kappa shape index (κ1) is 14.3. The number of piperazine rings is 1. The smallest absolute Gasteiger partial charge is 0.288 e. The molecule has 2 amide bonds. The fourth-order valence-corrected chi connectivity index (χ4v) is 3.53. The highest BCUT2D eigenvalue weighted by molar-refractivity contribution is 7.99. The molecule has 4 nitrogen and oxygen atoms in total. The lowest BCUT2D eigenvalue weighted by molar-refractivity contribution is -0.140. The fraction of sp³-hybridized carbons (Fsp3) is 0.429. The number of hydrogen-bond donors (Lipinski definition) is 0. The number of benzene rings is 1. The van der Waals surface area contributed by atoms with Crippen molar-refractivity contribution in [3.8, 4) is 0 Å². The number of amides is 2. The topological polar surface area (TPSA) is 40.6 Å². The second kappa shape index (κ2) is 5.63. The minimum Gasteiger partial charge on any atom is -0.329 e. The molecule has 1 aromatic rings. The van der Waals surface area contributed by atoms with Gasteiger partial charge >= 0.3 is 0 Å². The number of anilines is 1. The van der Waals surface area contributed by atoms with Crippen molar-refractivity contribution in [2.75, 3.05) is 18.0 Å². The summed E-state index contributed by atoms with van der Waals surface area (Å²) in [7, 11) is 0. The number of halogens is 2. The number of carbonyl (C=O) groups excluding carboxylic acids is 2. The lowest BCUT2D eigenvalue weighted by Gasteiger charge is -2.37. The standard InChI is InChI=1S/C14H14F2N2O2S/c15-14(16)21-11-6-2-1-4-9(11)18-8-12(19)17-7-3-5-10(17)13(18)20/h1-2,4,6,10,14H,3,5,7-8H2. The summed E-state index contributed by atoms with van der Waals surface area (Å²) in [5.74, 6) is -2.85. The average molecular weight is 312 g/mol. The number of fused-ring (bicyclic) bond motifs is 1. The molecule has 21 heavy (non-hydrogen) atoms. The van der Waals surface area contributed by atoms with E-state index in [0.717, 1.165) is 6.42 Å². The van der Waals surface area contributed by atoms with Crippen LogP contribution >= 0.6 is 11.8 Å². The van der Waals surface area contributed by atoms with Gasteiger partial charge in [0.05, 0.1) is 5.69 Å². The van der Waals surface area contributed by atoms with E-state index in [9.17, 15) is 18.4 Å². The van der Waals surface area contributed by atoms with Gasteiger partial charge in [0.15, 0.2) is 0 Å². The molecule has 0 saturated carbocycles. The third-order valence-electron chi connectivity index (χ3n) is 3.79. The summed E-state index contributed by atoms with van der Waals surface area (Å²) >= 11 is 0.395. The molecule has 7 heteroatoms. The fourth-order valence-electron chi connectivity index (χ4n) is 2.89. The van der Waals surface area contributed by atoms with Crippen LogP contribution in [0, 0.1) is 0 Å². The summed E-state index contributed by atoms with van der Waals surface area (Å²) in [4.78, 5) is 27.9. The summed E-state index contributed by atoms with van der Waals surface area (Å²) in [5.41, 5.74) is 0.396. The number of alkyl halides is 2. The molecule has 112 valence electrons. The van der Waals surface area contributed by atoms with Crippen LogP contribution in [0.2, 0.25) is 0 Å². The van der Waals surface area contributed by atoms with Gasteiger partial charge in [0, 0.05) is 11.4 Å². The van der Waals surface area contributed by atoms with Crippen molar-refractivity contribution >= 4 is 29.3 Å². The molecule has 1 aromatic carbocycles. The molecule has 2 heterocycles. The molecular formula is C14H14F2N2O2S. The van der Waals surface area contributed by atoms with Gasteiger partial charge in [-0.05, 0) is 25.0 Å². The van der Waals surface area contributed by atoms with Gasteiger partial charge in [-0.15, -0.1) is 0 Å². The van der Waals surface area contributed by atoms with E-state index in [4.69, 9.17) is 0 Å². The number of hydrogen-bond acceptors (Lipinski definition) is 3. The highest BCUT2D eigenvalue weighted by Gasteiger charge is 2.42. The Morgan fingerprint density at radius 2 is 2.00 bits per heavy atom. The van der Waals surface area contributed by atoms with Gasteiger partial charge in [-0.3, -0.25) is 9.59 Å². The predicted octanol–water partition coefficient (Wildman–Crippen LogP) is 2.34. The highest BCUT2D eigenvalue weighted by atomic mass is 32.2. The van der Waals surface area contributed by atoms with Gasteiger partial charge in [-0.25, -0.2) is 0 Å². The van der Waals surface area contributed by atoms with Crippen molar-refractivity contribution in [3.05, 3.63) is 24.3 Å². The first-order valence-electron chi connectivity index (χ1n) is 6.72. The summed E-state index contributed by atoms with van der Waals surface area (Å²) in [6.07, 6.45) is 1.45. The monoisotopic (exact) mass is 312 g/mol. The largest absolute Gasteiger partial charge is 0.329 e. The number of thioether (sulfide) groups is 1. The molecule has 0 bridgehead atoms. The summed E-state index contributed by atoms with van der Waals surface area (Å²) in [6.45, 7) is 0.534. The van der Waals surface area contributed by atoms with E-state index in [1.165, 1.54) is 4.90 Å². The highest BCUT2D eigenvalue weighted by Crippen LogP contribution is 2.36. The van der Waals surface area contributed by atoms with E-state index in [0.29, 0.717) is 35.3 Å². The van der Waals surface area contributed by atoms with Crippen LogP contribution in [-0.4, -0.2) is 41.6 Å².